The Morgan fingerprint density at radius 1 is 1.17 bits per heavy atom. The molecule has 1 unspecified atom stereocenters. The van der Waals surface area contributed by atoms with Crippen molar-refractivity contribution in [3.63, 3.8) is 0 Å². The summed E-state index contributed by atoms with van der Waals surface area (Å²) in [6.07, 6.45) is 6.21. The first-order valence-corrected chi connectivity index (χ1v) is 9.02. The summed E-state index contributed by atoms with van der Waals surface area (Å²) in [6.45, 7) is 1.43. The molecule has 1 saturated heterocycles. The van der Waals surface area contributed by atoms with E-state index in [2.05, 4.69) is 0 Å². The Bertz CT molecular complexity index is 725. The second kappa shape index (κ2) is 6.07. The molecule has 6 nitrogen and oxygen atoms in total. The van der Waals surface area contributed by atoms with Crippen molar-refractivity contribution in [1.29, 1.82) is 0 Å². The van der Waals surface area contributed by atoms with Crippen molar-refractivity contribution in [2.75, 3.05) is 19.7 Å². The summed E-state index contributed by atoms with van der Waals surface area (Å²) in [7, 11) is -3.61. The van der Waals surface area contributed by atoms with E-state index in [1.165, 1.54) is 28.6 Å². The largest absolute Gasteiger partial charge is 0.478 e. The maximum atomic E-state index is 12.7. The minimum Gasteiger partial charge on any atom is -0.478 e. The average molecular weight is 337 g/mol. The lowest BCUT2D eigenvalue weighted by molar-refractivity contribution is 0.0158. The summed E-state index contributed by atoms with van der Waals surface area (Å²) < 4.78 is 32.7. The highest BCUT2D eigenvalue weighted by molar-refractivity contribution is 7.89. The highest BCUT2D eigenvalue weighted by atomic mass is 32.2. The van der Waals surface area contributed by atoms with E-state index in [1.54, 1.807) is 0 Å². The summed E-state index contributed by atoms with van der Waals surface area (Å²) in [6, 6.07) is 5.34. The van der Waals surface area contributed by atoms with Crippen LogP contribution in [-0.2, 0) is 14.8 Å². The molecule has 1 aromatic carbocycles. The summed E-state index contributed by atoms with van der Waals surface area (Å²) in [5, 5.41) is 8.90. The number of rotatable bonds is 3. The highest BCUT2D eigenvalue weighted by Gasteiger charge is 2.36. The monoisotopic (exact) mass is 337 g/mol. The predicted octanol–water partition coefficient (Wildman–Crippen LogP) is 1.88. The second-order valence-electron chi connectivity index (χ2n) is 5.87. The molecular formula is C16H19NO5S. The standard InChI is InChI=1S/C16H19NO5S/c18-15(19)13-3-5-14(6-4-13)23(20,21)17-10-1-7-16(9-11-17)8-2-12-22-16/h2-6,8H,1,7,9-12H2,(H,18,19). The number of carboxylic acids is 1. The molecular weight excluding hydrogens is 318 g/mol. The number of hydrogen-bond donors (Lipinski definition) is 1. The van der Waals surface area contributed by atoms with Crippen LogP contribution in [0.15, 0.2) is 41.3 Å². The summed E-state index contributed by atoms with van der Waals surface area (Å²) in [4.78, 5) is 11.0. The zero-order valence-electron chi connectivity index (χ0n) is 12.6. The van der Waals surface area contributed by atoms with E-state index in [0.29, 0.717) is 26.1 Å². The topological polar surface area (TPSA) is 83.9 Å². The molecule has 1 atom stereocenters. The number of ether oxygens (including phenoxy) is 1. The summed E-state index contributed by atoms with van der Waals surface area (Å²) in [5.41, 5.74) is -0.250. The SMILES string of the molecule is O=C(O)c1ccc(S(=O)(=O)N2CCCC3(C=CCO3)CC2)cc1. The van der Waals surface area contributed by atoms with Gasteiger partial charge in [0.25, 0.3) is 0 Å². The van der Waals surface area contributed by atoms with Gasteiger partial charge >= 0.3 is 5.97 Å². The Morgan fingerprint density at radius 2 is 1.91 bits per heavy atom. The number of hydrogen-bond acceptors (Lipinski definition) is 4. The van der Waals surface area contributed by atoms with E-state index >= 15 is 0 Å². The lowest BCUT2D eigenvalue weighted by Crippen LogP contribution is -2.34. The fourth-order valence-electron chi connectivity index (χ4n) is 3.10. The van der Waals surface area contributed by atoms with E-state index in [1.807, 2.05) is 12.2 Å². The van der Waals surface area contributed by atoms with Gasteiger partial charge in [-0.05, 0) is 43.5 Å². The van der Waals surface area contributed by atoms with Gasteiger partial charge in [0.05, 0.1) is 22.7 Å². The van der Waals surface area contributed by atoms with Gasteiger partial charge in [-0.25, -0.2) is 13.2 Å². The Morgan fingerprint density at radius 3 is 2.52 bits per heavy atom. The Balaban J connectivity index is 1.79. The molecule has 2 heterocycles. The van der Waals surface area contributed by atoms with E-state index < -0.39 is 16.0 Å². The fourth-order valence-corrected chi connectivity index (χ4v) is 4.58. The smallest absolute Gasteiger partial charge is 0.335 e. The zero-order valence-corrected chi connectivity index (χ0v) is 13.5. The number of nitrogens with zero attached hydrogens (tertiary/aromatic N) is 1. The Labute approximate surface area is 135 Å². The first-order chi connectivity index (χ1) is 10.9. The van der Waals surface area contributed by atoms with Crippen LogP contribution in [0.25, 0.3) is 0 Å². The summed E-state index contributed by atoms with van der Waals surface area (Å²) >= 11 is 0. The van der Waals surface area contributed by atoms with Gasteiger partial charge < -0.3 is 9.84 Å². The molecule has 0 aliphatic carbocycles. The molecule has 0 amide bonds. The van der Waals surface area contributed by atoms with Crippen molar-refractivity contribution < 1.29 is 23.1 Å². The van der Waals surface area contributed by atoms with Gasteiger partial charge in [-0.1, -0.05) is 12.2 Å². The van der Waals surface area contributed by atoms with Gasteiger partial charge in [0.2, 0.25) is 10.0 Å². The third-order valence-corrected chi connectivity index (χ3v) is 6.33. The summed E-state index contributed by atoms with van der Waals surface area (Å²) in [5.74, 6) is -1.07. The molecule has 0 radical (unpaired) electrons. The van der Waals surface area contributed by atoms with Gasteiger partial charge in [0.15, 0.2) is 0 Å². The molecule has 2 aliphatic heterocycles. The van der Waals surface area contributed by atoms with Crippen LogP contribution in [0.1, 0.15) is 29.6 Å². The molecule has 1 spiro atoms. The van der Waals surface area contributed by atoms with Crippen molar-refractivity contribution in [2.45, 2.75) is 29.8 Å². The number of sulfonamides is 1. The van der Waals surface area contributed by atoms with Crippen LogP contribution in [0.3, 0.4) is 0 Å². The third kappa shape index (κ3) is 3.17. The quantitative estimate of drug-likeness (QED) is 0.852. The Kier molecular flexibility index (Phi) is 4.27. The van der Waals surface area contributed by atoms with Gasteiger partial charge in [-0.2, -0.15) is 4.31 Å². The van der Waals surface area contributed by atoms with E-state index in [9.17, 15) is 13.2 Å². The van der Waals surface area contributed by atoms with Crippen molar-refractivity contribution >= 4 is 16.0 Å². The first kappa shape index (κ1) is 16.2. The lowest BCUT2D eigenvalue weighted by Gasteiger charge is -2.25. The molecule has 1 aromatic rings. The van der Waals surface area contributed by atoms with Crippen LogP contribution in [-0.4, -0.2) is 49.1 Å². The molecule has 124 valence electrons. The van der Waals surface area contributed by atoms with Crippen molar-refractivity contribution in [2.24, 2.45) is 0 Å². The van der Waals surface area contributed by atoms with Crippen molar-refractivity contribution in [1.82, 2.24) is 4.31 Å². The van der Waals surface area contributed by atoms with E-state index in [4.69, 9.17) is 9.84 Å². The average Bonchev–Trinajstić information content (AvgIpc) is 2.88. The molecule has 1 fully saturated rings. The molecule has 0 aromatic heterocycles. The minimum absolute atomic E-state index is 0.0725. The van der Waals surface area contributed by atoms with Crippen LogP contribution in [0, 0.1) is 0 Å². The molecule has 1 N–H and O–H groups in total. The van der Waals surface area contributed by atoms with Gasteiger partial charge in [0, 0.05) is 13.1 Å². The molecule has 7 heteroatoms. The molecule has 2 aliphatic rings. The third-order valence-electron chi connectivity index (χ3n) is 4.42. The van der Waals surface area contributed by atoms with Crippen LogP contribution in [0.5, 0.6) is 0 Å². The molecule has 3 rings (SSSR count). The number of carbonyl (C=O) groups is 1. The number of benzene rings is 1. The van der Waals surface area contributed by atoms with Gasteiger partial charge in [0.1, 0.15) is 0 Å². The van der Waals surface area contributed by atoms with Crippen LogP contribution in [0.4, 0.5) is 0 Å². The van der Waals surface area contributed by atoms with E-state index in [-0.39, 0.29) is 16.1 Å². The fraction of sp³-hybridized carbons (Fsp3) is 0.438. The van der Waals surface area contributed by atoms with E-state index in [0.717, 1.165) is 12.8 Å². The first-order valence-electron chi connectivity index (χ1n) is 7.58. The second-order valence-corrected chi connectivity index (χ2v) is 7.80. The van der Waals surface area contributed by atoms with Crippen molar-refractivity contribution in [3.8, 4) is 0 Å². The maximum Gasteiger partial charge on any atom is 0.335 e. The number of aromatic carboxylic acids is 1. The highest BCUT2D eigenvalue weighted by Crippen LogP contribution is 2.32. The van der Waals surface area contributed by atoms with Crippen molar-refractivity contribution in [3.05, 3.63) is 42.0 Å². The predicted molar refractivity (Wildman–Crippen MR) is 83.8 cm³/mol. The van der Waals surface area contributed by atoms with Gasteiger partial charge in [-0.3, -0.25) is 0 Å². The van der Waals surface area contributed by atoms with Crippen LogP contribution in [0.2, 0.25) is 0 Å². The molecule has 23 heavy (non-hydrogen) atoms. The number of carboxylic acid groups (broad SMARTS) is 1. The molecule has 0 bridgehead atoms. The zero-order chi connectivity index (χ0) is 16.5. The lowest BCUT2D eigenvalue weighted by atomic mass is 9.95. The van der Waals surface area contributed by atoms with Crippen LogP contribution < -0.4 is 0 Å². The van der Waals surface area contributed by atoms with Gasteiger partial charge in [-0.15, -0.1) is 0 Å². The normalized spacial score (nSPS) is 25.6. The molecule has 0 saturated carbocycles. The van der Waals surface area contributed by atoms with Crippen LogP contribution >= 0.6 is 0 Å². The maximum absolute atomic E-state index is 12.7. The Hall–Kier alpha value is -1.70. The minimum atomic E-state index is -3.61.